The molecule has 1 N–H and O–H groups in total. The van der Waals surface area contributed by atoms with Crippen LogP contribution >= 0.6 is 0 Å². The Labute approximate surface area is 60.8 Å². The molecule has 0 rings (SSSR count). The van der Waals surface area contributed by atoms with Crippen molar-refractivity contribution in [2.24, 2.45) is 0 Å². The molecule has 0 aromatic heterocycles. The van der Waals surface area contributed by atoms with Crippen LogP contribution in [0.4, 0.5) is 4.79 Å². The van der Waals surface area contributed by atoms with Gasteiger partial charge in [0.1, 0.15) is 6.61 Å². The first-order valence-corrected chi connectivity index (χ1v) is 3.15. The van der Waals surface area contributed by atoms with Crippen molar-refractivity contribution in [3.63, 3.8) is 0 Å². The smallest absolute Gasteiger partial charge is 0.407 e. The molecule has 3 heteroatoms. The number of amides is 1. The van der Waals surface area contributed by atoms with Gasteiger partial charge >= 0.3 is 6.09 Å². The summed E-state index contributed by atoms with van der Waals surface area (Å²) in [6.07, 6.45) is 4.99. The zero-order valence-electron chi connectivity index (χ0n) is 6.02. The van der Waals surface area contributed by atoms with Crippen molar-refractivity contribution in [2.75, 3.05) is 13.2 Å². The zero-order chi connectivity index (χ0) is 7.82. The number of carbonyl (C=O) groups excluding carboxylic acids is 1. The van der Waals surface area contributed by atoms with Gasteiger partial charge in [0.2, 0.25) is 0 Å². The summed E-state index contributed by atoms with van der Waals surface area (Å²) in [6, 6.07) is 0. The summed E-state index contributed by atoms with van der Waals surface area (Å²) < 4.78 is 4.63. The topological polar surface area (TPSA) is 38.3 Å². The molecule has 0 saturated carbocycles. The highest BCUT2D eigenvalue weighted by molar-refractivity contribution is 5.66. The minimum Gasteiger partial charge on any atom is -0.449 e. The third-order valence-electron chi connectivity index (χ3n) is 0.801. The Morgan fingerprint density at radius 2 is 2.50 bits per heavy atom. The summed E-state index contributed by atoms with van der Waals surface area (Å²) in [5, 5.41) is 2.47. The van der Waals surface area contributed by atoms with E-state index in [1.807, 2.05) is 6.92 Å². The highest BCUT2D eigenvalue weighted by atomic mass is 16.5. The number of hydrogen-bond acceptors (Lipinski definition) is 2. The lowest BCUT2D eigenvalue weighted by Gasteiger charge is -2.01. The molecule has 0 fully saturated rings. The molecule has 0 aromatic carbocycles. The molecule has 0 saturated heterocycles. The SMILES string of the molecule is C#CCCOC(=O)NCC. The van der Waals surface area contributed by atoms with Crippen LogP contribution in [0.2, 0.25) is 0 Å². The lowest BCUT2D eigenvalue weighted by atomic mass is 10.5. The first-order chi connectivity index (χ1) is 4.81. The number of carbonyl (C=O) groups is 1. The van der Waals surface area contributed by atoms with Crippen LogP contribution in [0.5, 0.6) is 0 Å². The van der Waals surface area contributed by atoms with Gasteiger partial charge in [0.05, 0.1) is 0 Å². The second-order valence-corrected chi connectivity index (χ2v) is 1.62. The summed E-state index contributed by atoms with van der Waals surface area (Å²) in [7, 11) is 0. The normalized spacial score (nSPS) is 8.00. The fourth-order valence-electron chi connectivity index (χ4n) is 0.398. The third kappa shape index (κ3) is 4.98. The number of alkyl carbamates (subject to hydrolysis) is 1. The van der Waals surface area contributed by atoms with E-state index in [9.17, 15) is 4.79 Å². The van der Waals surface area contributed by atoms with Crippen LogP contribution in [0.3, 0.4) is 0 Å². The maximum atomic E-state index is 10.5. The Bertz CT molecular complexity index is 137. The lowest BCUT2D eigenvalue weighted by Crippen LogP contribution is -2.23. The maximum absolute atomic E-state index is 10.5. The van der Waals surface area contributed by atoms with Crippen LogP contribution in [0.25, 0.3) is 0 Å². The van der Waals surface area contributed by atoms with Crippen molar-refractivity contribution < 1.29 is 9.53 Å². The Balaban J connectivity index is 3.15. The van der Waals surface area contributed by atoms with Crippen molar-refractivity contribution >= 4 is 6.09 Å². The first-order valence-electron chi connectivity index (χ1n) is 3.15. The minimum atomic E-state index is -0.405. The van der Waals surface area contributed by atoms with Crippen molar-refractivity contribution in [3.05, 3.63) is 0 Å². The second-order valence-electron chi connectivity index (χ2n) is 1.62. The molecule has 56 valence electrons. The van der Waals surface area contributed by atoms with Crippen LogP contribution in [0, 0.1) is 12.3 Å². The highest BCUT2D eigenvalue weighted by Gasteiger charge is 1.95. The number of hydrogen-bond donors (Lipinski definition) is 1. The fourth-order valence-corrected chi connectivity index (χ4v) is 0.398. The van der Waals surface area contributed by atoms with Crippen molar-refractivity contribution in [1.82, 2.24) is 5.32 Å². The third-order valence-corrected chi connectivity index (χ3v) is 0.801. The molecule has 0 aliphatic carbocycles. The van der Waals surface area contributed by atoms with Crippen LogP contribution in [-0.4, -0.2) is 19.2 Å². The minimum absolute atomic E-state index is 0.294. The molecular formula is C7H11NO2. The molecule has 0 unspecified atom stereocenters. The number of nitrogens with one attached hydrogen (secondary N) is 1. The Morgan fingerprint density at radius 1 is 1.80 bits per heavy atom. The number of terminal acetylenes is 1. The molecule has 0 aliphatic rings. The highest BCUT2D eigenvalue weighted by Crippen LogP contribution is 1.80. The van der Waals surface area contributed by atoms with Gasteiger partial charge in [0, 0.05) is 13.0 Å². The van der Waals surface area contributed by atoms with Gasteiger partial charge < -0.3 is 10.1 Å². The molecule has 0 radical (unpaired) electrons. The molecule has 0 aromatic rings. The molecule has 0 aliphatic heterocycles. The van der Waals surface area contributed by atoms with Crippen molar-refractivity contribution in [1.29, 1.82) is 0 Å². The van der Waals surface area contributed by atoms with Crippen molar-refractivity contribution in [3.8, 4) is 12.3 Å². The quantitative estimate of drug-likeness (QED) is 0.465. The second kappa shape index (κ2) is 5.96. The Kier molecular flexibility index (Phi) is 5.26. The van der Waals surface area contributed by atoms with Crippen LogP contribution < -0.4 is 5.32 Å². The Morgan fingerprint density at radius 3 is 3.00 bits per heavy atom. The summed E-state index contributed by atoms with van der Waals surface area (Å²) >= 11 is 0. The van der Waals surface area contributed by atoms with Crippen molar-refractivity contribution in [2.45, 2.75) is 13.3 Å². The van der Waals surface area contributed by atoms with E-state index in [1.165, 1.54) is 0 Å². The maximum Gasteiger partial charge on any atom is 0.407 e. The largest absolute Gasteiger partial charge is 0.449 e. The van der Waals surface area contributed by atoms with Gasteiger partial charge in [-0.25, -0.2) is 4.79 Å². The summed E-state index contributed by atoms with van der Waals surface area (Å²) in [6.45, 7) is 2.69. The molecule has 0 bridgehead atoms. The fraction of sp³-hybridized carbons (Fsp3) is 0.571. The number of ether oxygens (including phenoxy) is 1. The summed E-state index contributed by atoms with van der Waals surface area (Å²) in [5.74, 6) is 2.36. The van der Waals surface area contributed by atoms with E-state index in [0.29, 0.717) is 19.6 Å². The van der Waals surface area contributed by atoms with E-state index in [2.05, 4.69) is 16.0 Å². The molecular weight excluding hydrogens is 130 g/mol. The van der Waals surface area contributed by atoms with Gasteiger partial charge in [0.15, 0.2) is 0 Å². The van der Waals surface area contributed by atoms with Gasteiger partial charge in [-0.1, -0.05) is 0 Å². The predicted molar refractivity (Wildman–Crippen MR) is 38.5 cm³/mol. The van der Waals surface area contributed by atoms with E-state index in [-0.39, 0.29) is 0 Å². The predicted octanol–water partition coefficient (Wildman–Crippen LogP) is 0.756. The van der Waals surface area contributed by atoms with Crippen LogP contribution in [-0.2, 0) is 4.74 Å². The molecule has 3 nitrogen and oxygen atoms in total. The zero-order valence-corrected chi connectivity index (χ0v) is 6.02. The summed E-state index contributed by atoms with van der Waals surface area (Å²) in [5.41, 5.74) is 0. The van der Waals surface area contributed by atoms with E-state index in [4.69, 9.17) is 6.42 Å². The van der Waals surface area contributed by atoms with E-state index >= 15 is 0 Å². The molecule has 0 spiro atoms. The molecule has 10 heavy (non-hydrogen) atoms. The Hall–Kier alpha value is -1.17. The number of rotatable bonds is 3. The van der Waals surface area contributed by atoms with Crippen LogP contribution in [0.1, 0.15) is 13.3 Å². The lowest BCUT2D eigenvalue weighted by molar-refractivity contribution is 0.149. The molecule has 0 heterocycles. The first kappa shape index (κ1) is 8.83. The van der Waals surface area contributed by atoms with Gasteiger partial charge in [-0.3, -0.25) is 0 Å². The van der Waals surface area contributed by atoms with E-state index in [1.54, 1.807) is 0 Å². The summed E-state index contributed by atoms with van der Waals surface area (Å²) in [4.78, 5) is 10.5. The average molecular weight is 141 g/mol. The van der Waals surface area contributed by atoms with Gasteiger partial charge in [-0.15, -0.1) is 12.3 Å². The van der Waals surface area contributed by atoms with Gasteiger partial charge in [-0.05, 0) is 6.92 Å². The monoisotopic (exact) mass is 141 g/mol. The van der Waals surface area contributed by atoms with E-state index in [0.717, 1.165) is 0 Å². The molecule has 1 amide bonds. The average Bonchev–Trinajstić information content (AvgIpc) is 1.89. The van der Waals surface area contributed by atoms with Gasteiger partial charge in [0.25, 0.3) is 0 Å². The standard InChI is InChI=1S/C7H11NO2/c1-3-5-6-10-7(9)8-4-2/h1H,4-6H2,2H3,(H,8,9). The molecule has 0 atom stereocenters. The van der Waals surface area contributed by atoms with E-state index < -0.39 is 6.09 Å². The van der Waals surface area contributed by atoms with Crippen LogP contribution in [0.15, 0.2) is 0 Å². The van der Waals surface area contributed by atoms with Gasteiger partial charge in [-0.2, -0.15) is 0 Å².